The van der Waals surface area contributed by atoms with Crippen LogP contribution in [0.25, 0.3) is 5.69 Å². The quantitative estimate of drug-likeness (QED) is 0.647. The van der Waals surface area contributed by atoms with Crippen LogP contribution in [0, 0.1) is 6.92 Å². The summed E-state index contributed by atoms with van der Waals surface area (Å²) in [6, 6.07) is 8.55. The van der Waals surface area contributed by atoms with E-state index in [0.29, 0.717) is 10.8 Å². The Hall–Kier alpha value is -2.46. The molecule has 0 aliphatic carbocycles. The molecule has 0 aliphatic heterocycles. The van der Waals surface area contributed by atoms with E-state index in [1.165, 1.54) is 17.8 Å². The lowest BCUT2D eigenvalue weighted by Gasteiger charge is -2.30. The highest BCUT2D eigenvalue weighted by atomic mass is 32.2. The number of aryl methyl sites for hydroxylation is 2. The Kier molecular flexibility index (Phi) is 4.96. The van der Waals surface area contributed by atoms with Crippen LogP contribution < -0.4 is 5.73 Å². The summed E-state index contributed by atoms with van der Waals surface area (Å²) in [5.74, 6) is -0.952. The summed E-state index contributed by atoms with van der Waals surface area (Å²) in [7, 11) is 1.66. The molecule has 0 saturated carbocycles. The van der Waals surface area contributed by atoms with Crippen molar-refractivity contribution in [2.24, 2.45) is 7.05 Å². The van der Waals surface area contributed by atoms with Gasteiger partial charge < -0.3 is 15.4 Å². The van der Waals surface area contributed by atoms with Gasteiger partial charge >= 0.3 is 6.18 Å². The van der Waals surface area contributed by atoms with Crippen LogP contribution in [0.2, 0.25) is 0 Å². The lowest BCUT2D eigenvalue weighted by Crippen LogP contribution is -2.45. The van der Waals surface area contributed by atoms with Gasteiger partial charge in [-0.3, -0.25) is 0 Å². The monoisotopic (exact) mass is 397 g/mol. The molecule has 3 aromatic rings. The molecule has 0 radical (unpaired) electrons. The summed E-state index contributed by atoms with van der Waals surface area (Å²) < 4.78 is 44.5. The number of thioether (sulfide) groups is 1. The molecule has 0 fully saturated rings. The highest BCUT2D eigenvalue weighted by Crippen LogP contribution is 2.45. The molecule has 2 aromatic heterocycles. The number of benzene rings is 1. The summed E-state index contributed by atoms with van der Waals surface area (Å²) in [5.41, 5.74) is 2.90. The first-order valence-electron chi connectivity index (χ1n) is 7.95. The fourth-order valence-corrected chi connectivity index (χ4v) is 3.82. The molecular weight excluding hydrogens is 379 g/mol. The minimum atomic E-state index is -4.95. The molecule has 1 unspecified atom stereocenters. The molecule has 3 rings (SSSR count). The molecule has 3 N–H and O–H groups in total. The predicted molar refractivity (Wildman–Crippen MR) is 96.6 cm³/mol. The second-order valence-corrected chi connectivity index (χ2v) is 7.00. The van der Waals surface area contributed by atoms with Gasteiger partial charge in [0.2, 0.25) is 5.60 Å². The molecule has 2 heterocycles. The summed E-state index contributed by atoms with van der Waals surface area (Å²) in [5, 5.41) is 15.2. The van der Waals surface area contributed by atoms with Gasteiger partial charge in [-0.15, -0.1) is 0 Å². The van der Waals surface area contributed by atoms with Gasteiger partial charge in [0.15, 0.2) is 5.16 Å². The van der Waals surface area contributed by atoms with Crippen molar-refractivity contribution in [3.63, 3.8) is 0 Å². The summed E-state index contributed by atoms with van der Waals surface area (Å²) in [6.07, 6.45) is -1.86. The Bertz CT molecular complexity index is 938. The highest BCUT2D eigenvalue weighted by molar-refractivity contribution is 7.99. The van der Waals surface area contributed by atoms with E-state index in [2.05, 4.69) is 10.1 Å². The maximum absolute atomic E-state index is 13.9. The van der Waals surface area contributed by atoms with Crippen LogP contribution in [0.1, 0.15) is 11.3 Å². The number of para-hydroxylation sites is 1. The molecule has 144 valence electrons. The Labute approximate surface area is 157 Å². The fraction of sp³-hybridized carbons (Fsp3) is 0.294. The van der Waals surface area contributed by atoms with E-state index in [9.17, 15) is 18.3 Å². The lowest BCUT2D eigenvalue weighted by atomic mass is 9.95. The highest BCUT2D eigenvalue weighted by Gasteiger charge is 2.57. The zero-order valence-corrected chi connectivity index (χ0v) is 15.4. The molecule has 0 amide bonds. The number of hydrogen-bond acceptors (Lipinski definition) is 5. The maximum atomic E-state index is 13.9. The first-order valence-corrected chi connectivity index (χ1v) is 8.94. The van der Waals surface area contributed by atoms with Gasteiger partial charge in [0.1, 0.15) is 5.82 Å². The van der Waals surface area contributed by atoms with Crippen molar-refractivity contribution in [1.82, 2.24) is 19.3 Å². The van der Waals surface area contributed by atoms with Crippen molar-refractivity contribution in [3.05, 3.63) is 54.0 Å². The van der Waals surface area contributed by atoms with E-state index in [-0.39, 0.29) is 11.5 Å². The second kappa shape index (κ2) is 6.93. The largest absolute Gasteiger partial charge is 0.422 e. The van der Waals surface area contributed by atoms with Gasteiger partial charge in [0.25, 0.3) is 0 Å². The van der Waals surface area contributed by atoms with Gasteiger partial charge in [-0.25, -0.2) is 9.67 Å². The lowest BCUT2D eigenvalue weighted by molar-refractivity contribution is -0.256. The molecule has 0 saturated heterocycles. The third-order valence-electron chi connectivity index (χ3n) is 4.17. The smallest absolute Gasteiger partial charge is 0.383 e. The van der Waals surface area contributed by atoms with Crippen LogP contribution in [-0.4, -0.2) is 36.4 Å². The molecule has 27 heavy (non-hydrogen) atoms. The zero-order chi connectivity index (χ0) is 19.8. The number of anilines is 1. The molecule has 0 spiro atoms. The van der Waals surface area contributed by atoms with Crippen LogP contribution in [0.15, 0.2) is 47.9 Å². The average Bonchev–Trinajstić information content (AvgIpc) is 3.15. The van der Waals surface area contributed by atoms with E-state index in [1.807, 2.05) is 0 Å². The van der Waals surface area contributed by atoms with E-state index in [1.54, 1.807) is 48.1 Å². The molecule has 1 atom stereocenters. The third-order valence-corrected chi connectivity index (χ3v) is 5.38. The van der Waals surface area contributed by atoms with Crippen molar-refractivity contribution >= 4 is 17.6 Å². The number of hydrogen-bond donors (Lipinski definition) is 2. The molecule has 10 heteroatoms. The third kappa shape index (κ3) is 3.42. The average molecular weight is 397 g/mol. The number of imidazole rings is 1. The number of halogens is 3. The van der Waals surface area contributed by atoms with Crippen LogP contribution in [0.5, 0.6) is 0 Å². The summed E-state index contributed by atoms with van der Waals surface area (Å²) >= 11 is 0.794. The first kappa shape index (κ1) is 19.3. The van der Waals surface area contributed by atoms with Crippen molar-refractivity contribution in [3.8, 4) is 5.69 Å². The Morgan fingerprint density at radius 2 is 1.89 bits per heavy atom. The van der Waals surface area contributed by atoms with Gasteiger partial charge in [-0.2, -0.15) is 18.3 Å². The van der Waals surface area contributed by atoms with Crippen LogP contribution in [-0.2, 0) is 12.6 Å². The molecule has 0 aliphatic rings. The van der Waals surface area contributed by atoms with E-state index < -0.39 is 23.1 Å². The second-order valence-electron chi connectivity index (χ2n) is 6.06. The number of alkyl halides is 3. The number of nitrogens with two attached hydrogens (primary N) is 1. The predicted octanol–water partition coefficient (Wildman–Crippen LogP) is 3.04. The van der Waals surface area contributed by atoms with Crippen molar-refractivity contribution in [1.29, 1.82) is 0 Å². The van der Waals surface area contributed by atoms with Gasteiger partial charge in [0.05, 0.1) is 16.9 Å². The minimum absolute atomic E-state index is 0.0108. The normalized spacial score (nSPS) is 14.3. The fourth-order valence-electron chi connectivity index (χ4n) is 2.78. The zero-order valence-electron chi connectivity index (χ0n) is 14.6. The topological polar surface area (TPSA) is 81.9 Å². The van der Waals surface area contributed by atoms with E-state index in [0.717, 1.165) is 11.8 Å². The van der Waals surface area contributed by atoms with Crippen molar-refractivity contribution in [2.75, 3.05) is 11.5 Å². The molecular formula is C17H18F3N5OS. The van der Waals surface area contributed by atoms with Crippen LogP contribution in [0.3, 0.4) is 0 Å². The number of aliphatic hydroxyl groups is 1. The van der Waals surface area contributed by atoms with E-state index in [4.69, 9.17) is 5.73 Å². The molecule has 1 aromatic carbocycles. The summed E-state index contributed by atoms with van der Waals surface area (Å²) in [6.45, 7) is 1.40. The van der Waals surface area contributed by atoms with Crippen molar-refractivity contribution < 1.29 is 18.3 Å². The Balaban J connectivity index is 2.06. The SMILES string of the molecule is Cc1nn(-c2ccccc2)c(N)c1C(O)(CSc1nccn1C)C(F)(F)F. The standard InChI is InChI=1S/C17H18F3N5OS/c1-11-13(14(21)25(23-11)12-6-4-3-5-7-12)16(26,17(18,19)20)10-27-15-22-8-9-24(15)2/h3-9,26H,10,21H2,1-2H3. The Morgan fingerprint density at radius 3 is 2.44 bits per heavy atom. The Morgan fingerprint density at radius 1 is 1.22 bits per heavy atom. The first-order chi connectivity index (χ1) is 12.6. The number of rotatable bonds is 5. The van der Waals surface area contributed by atoms with Crippen molar-refractivity contribution in [2.45, 2.75) is 23.9 Å². The summed E-state index contributed by atoms with van der Waals surface area (Å²) in [4.78, 5) is 3.99. The molecule has 0 bridgehead atoms. The number of nitrogens with zero attached hydrogens (tertiary/aromatic N) is 4. The number of aromatic nitrogens is 4. The van der Waals surface area contributed by atoms with Gasteiger partial charge in [-0.1, -0.05) is 30.0 Å². The van der Waals surface area contributed by atoms with Gasteiger partial charge in [0, 0.05) is 25.2 Å². The van der Waals surface area contributed by atoms with E-state index >= 15 is 0 Å². The van der Waals surface area contributed by atoms with Gasteiger partial charge in [-0.05, 0) is 19.1 Å². The maximum Gasteiger partial charge on any atom is 0.422 e. The van der Waals surface area contributed by atoms with Crippen LogP contribution in [0.4, 0.5) is 19.0 Å². The number of nitrogen functional groups attached to an aromatic ring is 1. The molecule has 6 nitrogen and oxygen atoms in total. The minimum Gasteiger partial charge on any atom is -0.383 e. The van der Waals surface area contributed by atoms with Crippen LogP contribution >= 0.6 is 11.8 Å².